The molecule has 0 aliphatic heterocycles. The van der Waals surface area contributed by atoms with Crippen LogP contribution < -0.4 is 10.5 Å². The summed E-state index contributed by atoms with van der Waals surface area (Å²) in [7, 11) is 1.54. The maximum absolute atomic E-state index is 14.1. The Morgan fingerprint density at radius 2 is 1.78 bits per heavy atom. The highest BCUT2D eigenvalue weighted by Crippen LogP contribution is 2.44. The smallest absolute Gasteiger partial charge is 0.131 e. The van der Waals surface area contributed by atoms with Crippen LogP contribution in [-0.4, -0.2) is 7.11 Å². The molecule has 18 heavy (non-hydrogen) atoms. The summed E-state index contributed by atoms with van der Waals surface area (Å²) >= 11 is 0. The number of hydrogen-bond acceptors (Lipinski definition) is 2. The molecule has 0 amide bonds. The molecule has 100 valence electrons. The predicted octanol–water partition coefficient (Wildman–Crippen LogP) is 3.59. The number of ether oxygens (including phenoxy) is 1. The van der Waals surface area contributed by atoms with E-state index in [1.165, 1.54) is 13.2 Å². The van der Waals surface area contributed by atoms with Crippen LogP contribution in [0.5, 0.6) is 5.75 Å². The van der Waals surface area contributed by atoms with Gasteiger partial charge in [-0.2, -0.15) is 0 Å². The zero-order chi connectivity index (χ0) is 13.4. The monoisotopic (exact) mass is 251 g/mol. The molecule has 0 saturated heterocycles. The summed E-state index contributed by atoms with van der Waals surface area (Å²) in [6.07, 6.45) is 3.75. The SMILES string of the molecule is COc1ccc(C2(N)CCC(C)(C)CC2)c(F)c1. The molecule has 2 N–H and O–H groups in total. The lowest BCUT2D eigenvalue weighted by Gasteiger charge is -2.41. The van der Waals surface area contributed by atoms with Crippen molar-refractivity contribution < 1.29 is 9.13 Å². The standard InChI is InChI=1S/C15H22FNO/c1-14(2)6-8-15(17,9-7-14)12-5-4-11(18-3)10-13(12)16/h4-5,10H,6-9,17H2,1-3H3. The van der Waals surface area contributed by atoms with Gasteiger partial charge in [-0.05, 0) is 37.2 Å². The van der Waals surface area contributed by atoms with Crippen LogP contribution >= 0.6 is 0 Å². The van der Waals surface area contributed by atoms with Crippen LogP contribution in [0.1, 0.15) is 45.1 Å². The second-order valence-corrected chi connectivity index (χ2v) is 6.17. The van der Waals surface area contributed by atoms with E-state index in [4.69, 9.17) is 10.5 Å². The van der Waals surface area contributed by atoms with E-state index in [-0.39, 0.29) is 5.82 Å². The van der Waals surface area contributed by atoms with Crippen molar-refractivity contribution >= 4 is 0 Å². The second-order valence-electron chi connectivity index (χ2n) is 6.17. The van der Waals surface area contributed by atoms with Gasteiger partial charge < -0.3 is 10.5 Å². The van der Waals surface area contributed by atoms with Crippen LogP contribution in [0.15, 0.2) is 18.2 Å². The third-order valence-electron chi connectivity index (χ3n) is 4.21. The number of rotatable bonds is 2. The van der Waals surface area contributed by atoms with Crippen LogP contribution in [0, 0.1) is 11.2 Å². The average molecular weight is 251 g/mol. The second kappa shape index (κ2) is 4.54. The molecule has 3 heteroatoms. The summed E-state index contributed by atoms with van der Waals surface area (Å²) in [6.45, 7) is 4.49. The maximum Gasteiger partial charge on any atom is 0.131 e. The predicted molar refractivity (Wildman–Crippen MR) is 71.1 cm³/mol. The molecule has 0 heterocycles. The van der Waals surface area contributed by atoms with E-state index in [0.29, 0.717) is 16.7 Å². The summed E-state index contributed by atoms with van der Waals surface area (Å²) < 4.78 is 19.1. The highest BCUT2D eigenvalue weighted by Gasteiger charge is 2.38. The van der Waals surface area contributed by atoms with Crippen LogP contribution in [0.4, 0.5) is 4.39 Å². The van der Waals surface area contributed by atoms with Gasteiger partial charge in [0, 0.05) is 17.2 Å². The third kappa shape index (κ3) is 2.51. The van der Waals surface area contributed by atoms with Crippen LogP contribution in [0.25, 0.3) is 0 Å². The molecular formula is C15H22FNO. The minimum absolute atomic E-state index is 0.253. The van der Waals surface area contributed by atoms with Crippen LogP contribution in [-0.2, 0) is 5.54 Å². The lowest BCUT2D eigenvalue weighted by atomic mass is 9.67. The van der Waals surface area contributed by atoms with Gasteiger partial charge in [0.25, 0.3) is 0 Å². The molecule has 1 aromatic rings. The summed E-state index contributed by atoms with van der Waals surface area (Å²) in [4.78, 5) is 0. The van der Waals surface area contributed by atoms with Crippen molar-refractivity contribution in [1.29, 1.82) is 0 Å². The van der Waals surface area contributed by atoms with Gasteiger partial charge in [-0.15, -0.1) is 0 Å². The first-order valence-corrected chi connectivity index (χ1v) is 6.49. The fraction of sp³-hybridized carbons (Fsp3) is 0.600. The molecule has 2 rings (SSSR count). The topological polar surface area (TPSA) is 35.2 Å². The molecule has 1 aliphatic rings. The molecule has 2 nitrogen and oxygen atoms in total. The Hall–Kier alpha value is -1.09. The van der Waals surface area contributed by atoms with Gasteiger partial charge in [-0.1, -0.05) is 19.9 Å². The molecule has 0 radical (unpaired) electrons. The van der Waals surface area contributed by atoms with E-state index in [2.05, 4.69) is 13.8 Å². The van der Waals surface area contributed by atoms with Crippen LogP contribution in [0.2, 0.25) is 0 Å². The summed E-state index contributed by atoms with van der Waals surface area (Å²) in [5.74, 6) is 0.285. The number of nitrogens with two attached hydrogens (primary N) is 1. The first-order chi connectivity index (χ1) is 8.36. The Morgan fingerprint density at radius 3 is 2.28 bits per heavy atom. The maximum atomic E-state index is 14.1. The van der Waals surface area contributed by atoms with E-state index in [9.17, 15) is 4.39 Å². The molecule has 1 aromatic carbocycles. The Labute approximate surface area is 108 Å². The quantitative estimate of drug-likeness (QED) is 0.871. The highest BCUT2D eigenvalue weighted by molar-refractivity contribution is 5.33. The summed E-state index contributed by atoms with van der Waals surface area (Å²) in [5.41, 5.74) is 6.84. The fourth-order valence-corrected chi connectivity index (χ4v) is 2.67. The van der Waals surface area contributed by atoms with Gasteiger partial charge in [0.15, 0.2) is 0 Å². The average Bonchev–Trinajstić information content (AvgIpc) is 2.33. The zero-order valence-corrected chi connectivity index (χ0v) is 11.4. The minimum atomic E-state index is -0.522. The highest BCUT2D eigenvalue weighted by atomic mass is 19.1. The molecule has 0 spiro atoms. The molecular weight excluding hydrogens is 229 g/mol. The minimum Gasteiger partial charge on any atom is -0.497 e. The van der Waals surface area contributed by atoms with Gasteiger partial charge in [0.2, 0.25) is 0 Å². The molecule has 0 atom stereocenters. The Bertz CT molecular complexity index is 432. The van der Waals surface area contributed by atoms with Crippen molar-refractivity contribution in [2.45, 2.75) is 45.1 Å². The first-order valence-electron chi connectivity index (χ1n) is 6.49. The Morgan fingerprint density at radius 1 is 1.17 bits per heavy atom. The van der Waals surface area contributed by atoms with Crippen LogP contribution in [0.3, 0.4) is 0 Å². The lowest BCUT2D eigenvalue weighted by Crippen LogP contribution is -2.43. The molecule has 1 saturated carbocycles. The molecule has 1 fully saturated rings. The zero-order valence-electron chi connectivity index (χ0n) is 11.4. The Balaban J connectivity index is 2.26. The third-order valence-corrected chi connectivity index (χ3v) is 4.21. The van der Waals surface area contributed by atoms with Crippen molar-refractivity contribution in [3.63, 3.8) is 0 Å². The molecule has 1 aliphatic carbocycles. The van der Waals surface area contributed by atoms with Gasteiger partial charge in [0.1, 0.15) is 11.6 Å². The van der Waals surface area contributed by atoms with E-state index >= 15 is 0 Å². The number of benzene rings is 1. The van der Waals surface area contributed by atoms with Gasteiger partial charge in [-0.3, -0.25) is 0 Å². The van der Waals surface area contributed by atoms with Crippen molar-refractivity contribution in [3.8, 4) is 5.75 Å². The Kier molecular flexibility index (Phi) is 3.37. The van der Waals surface area contributed by atoms with E-state index < -0.39 is 5.54 Å². The van der Waals surface area contributed by atoms with E-state index in [1.807, 2.05) is 0 Å². The van der Waals surface area contributed by atoms with Crippen molar-refractivity contribution in [2.75, 3.05) is 7.11 Å². The van der Waals surface area contributed by atoms with Crippen molar-refractivity contribution in [1.82, 2.24) is 0 Å². The van der Waals surface area contributed by atoms with E-state index in [1.54, 1.807) is 12.1 Å². The molecule has 0 bridgehead atoms. The number of halogens is 1. The van der Waals surface area contributed by atoms with Crippen molar-refractivity contribution in [2.24, 2.45) is 11.1 Å². The molecule has 0 unspecified atom stereocenters. The van der Waals surface area contributed by atoms with Crippen molar-refractivity contribution in [3.05, 3.63) is 29.6 Å². The normalized spacial score (nSPS) is 21.6. The summed E-state index contributed by atoms with van der Waals surface area (Å²) in [6, 6.07) is 4.98. The fourth-order valence-electron chi connectivity index (χ4n) is 2.67. The summed E-state index contributed by atoms with van der Waals surface area (Å²) in [5, 5.41) is 0. The van der Waals surface area contributed by atoms with Gasteiger partial charge >= 0.3 is 0 Å². The van der Waals surface area contributed by atoms with Gasteiger partial charge in [-0.25, -0.2) is 4.39 Å². The number of methoxy groups -OCH3 is 1. The molecule has 0 aromatic heterocycles. The number of hydrogen-bond donors (Lipinski definition) is 1. The van der Waals surface area contributed by atoms with E-state index in [0.717, 1.165) is 25.7 Å². The van der Waals surface area contributed by atoms with Gasteiger partial charge in [0.05, 0.1) is 7.11 Å². The lowest BCUT2D eigenvalue weighted by molar-refractivity contribution is 0.162. The first kappa shape index (κ1) is 13.3. The largest absolute Gasteiger partial charge is 0.497 e.